The van der Waals surface area contributed by atoms with Gasteiger partial charge in [0.05, 0.1) is 16.8 Å². The summed E-state index contributed by atoms with van der Waals surface area (Å²) in [6.45, 7) is 0. The second-order valence-corrected chi connectivity index (χ2v) is 7.89. The van der Waals surface area contributed by atoms with Crippen LogP contribution in [-0.2, 0) is 0 Å². The Balaban J connectivity index is 2.01. The van der Waals surface area contributed by atoms with E-state index in [4.69, 9.17) is 5.73 Å². The number of carboxylic acid groups (broad SMARTS) is 2. The summed E-state index contributed by atoms with van der Waals surface area (Å²) in [7, 11) is 0. The Hall–Kier alpha value is -2.57. The fraction of sp³-hybridized carbons (Fsp3) is 0.571. The number of hydrogen-bond acceptors (Lipinski definition) is 4. The van der Waals surface area contributed by atoms with Crippen LogP contribution < -0.4 is 5.73 Å². The maximum Gasteiger partial charge on any atom is 0.337 e. The molecule has 0 spiro atoms. The molecular weight excluding hydrogens is 360 g/mol. The molecule has 0 bridgehead atoms. The highest BCUT2D eigenvalue weighted by molar-refractivity contribution is 6.07. The first kappa shape index (κ1) is 20.2. The molecule has 0 aromatic heterocycles. The number of nitrogens with zero attached hydrogens (tertiary/aromatic N) is 1. The van der Waals surface area contributed by atoms with Gasteiger partial charge in [-0.1, -0.05) is 38.5 Å². The average molecular weight is 388 g/mol. The van der Waals surface area contributed by atoms with E-state index < -0.39 is 11.9 Å². The number of nitrogens with two attached hydrogens (primary N) is 1. The number of rotatable bonds is 5. The molecule has 0 saturated heterocycles. The van der Waals surface area contributed by atoms with Gasteiger partial charge in [-0.25, -0.2) is 9.59 Å². The van der Waals surface area contributed by atoms with Gasteiger partial charge in [-0.05, 0) is 37.8 Å². The molecule has 4 N–H and O–H groups in total. The monoisotopic (exact) mass is 388 g/mol. The summed E-state index contributed by atoms with van der Waals surface area (Å²) in [6.07, 6.45) is 10.4. The van der Waals surface area contributed by atoms with E-state index in [1.807, 2.05) is 4.90 Å². The third-order valence-corrected chi connectivity index (χ3v) is 6.06. The van der Waals surface area contributed by atoms with Crippen molar-refractivity contribution in [2.24, 2.45) is 0 Å². The molecule has 0 aliphatic heterocycles. The third-order valence-electron chi connectivity index (χ3n) is 6.06. The first-order valence-corrected chi connectivity index (χ1v) is 10.1. The van der Waals surface area contributed by atoms with E-state index in [0.717, 1.165) is 64.2 Å². The fourth-order valence-electron chi connectivity index (χ4n) is 4.63. The third kappa shape index (κ3) is 4.13. The van der Waals surface area contributed by atoms with Crippen LogP contribution in [0.15, 0.2) is 12.1 Å². The van der Waals surface area contributed by atoms with Crippen molar-refractivity contribution < 1.29 is 24.6 Å². The lowest BCUT2D eigenvalue weighted by Crippen LogP contribution is -2.48. The molecular formula is C21H28N2O5. The summed E-state index contributed by atoms with van der Waals surface area (Å²) in [5.41, 5.74) is 4.83. The van der Waals surface area contributed by atoms with Crippen LogP contribution in [0.2, 0.25) is 0 Å². The van der Waals surface area contributed by atoms with E-state index in [0.29, 0.717) is 0 Å². The number of aromatic carboxylic acids is 2. The number of carboxylic acids is 2. The van der Waals surface area contributed by atoms with Crippen LogP contribution in [0.1, 0.15) is 95.3 Å². The van der Waals surface area contributed by atoms with Crippen molar-refractivity contribution in [1.82, 2.24) is 4.90 Å². The Morgan fingerprint density at radius 1 is 0.786 bits per heavy atom. The van der Waals surface area contributed by atoms with Crippen LogP contribution in [0, 0.1) is 0 Å². The highest BCUT2D eigenvalue weighted by Crippen LogP contribution is 2.32. The molecule has 7 heteroatoms. The lowest BCUT2D eigenvalue weighted by molar-refractivity contribution is 0.0448. The molecule has 2 aliphatic carbocycles. The Kier molecular flexibility index (Phi) is 6.21. The fourth-order valence-corrected chi connectivity index (χ4v) is 4.63. The van der Waals surface area contributed by atoms with Gasteiger partial charge in [0.1, 0.15) is 0 Å². The van der Waals surface area contributed by atoms with Crippen molar-refractivity contribution in [3.05, 3.63) is 28.8 Å². The van der Waals surface area contributed by atoms with Crippen molar-refractivity contribution in [3.8, 4) is 0 Å². The summed E-state index contributed by atoms with van der Waals surface area (Å²) >= 11 is 0. The van der Waals surface area contributed by atoms with Gasteiger partial charge < -0.3 is 20.8 Å². The average Bonchev–Trinajstić information content (AvgIpc) is 2.69. The summed E-state index contributed by atoms with van der Waals surface area (Å²) in [5.74, 6) is -2.95. The van der Waals surface area contributed by atoms with Gasteiger partial charge >= 0.3 is 11.9 Å². The molecule has 0 heterocycles. The summed E-state index contributed by atoms with van der Waals surface area (Å²) < 4.78 is 0. The first-order chi connectivity index (χ1) is 13.4. The minimum atomic E-state index is -1.34. The molecule has 7 nitrogen and oxygen atoms in total. The second kappa shape index (κ2) is 8.63. The van der Waals surface area contributed by atoms with Gasteiger partial charge in [0.2, 0.25) is 0 Å². The lowest BCUT2D eigenvalue weighted by Gasteiger charge is -2.42. The van der Waals surface area contributed by atoms with E-state index in [1.54, 1.807) is 0 Å². The van der Waals surface area contributed by atoms with Gasteiger partial charge in [-0.15, -0.1) is 0 Å². The second-order valence-electron chi connectivity index (χ2n) is 7.89. The zero-order valence-corrected chi connectivity index (χ0v) is 16.0. The van der Waals surface area contributed by atoms with Crippen LogP contribution in [0.4, 0.5) is 5.69 Å². The van der Waals surface area contributed by atoms with Crippen molar-refractivity contribution in [2.75, 3.05) is 5.73 Å². The first-order valence-electron chi connectivity index (χ1n) is 10.1. The molecule has 152 valence electrons. The van der Waals surface area contributed by atoms with Crippen molar-refractivity contribution in [3.63, 3.8) is 0 Å². The number of hydrogen-bond donors (Lipinski definition) is 3. The maximum atomic E-state index is 13.5. The number of amides is 1. The number of carbonyl (C=O) groups is 3. The molecule has 1 aromatic rings. The van der Waals surface area contributed by atoms with Gasteiger partial charge in [0.15, 0.2) is 0 Å². The summed E-state index contributed by atoms with van der Waals surface area (Å²) in [4.78, 5) is 38.5. The van der Waals surface area contributed by atoms with Crippen molar-refractivity contribution >= 4 is 23.5 Å². The smallest absolute Gasteiger partial charge is 0.337 e. The predicted molar refractivity (Wildman–Crippen MR) is 105 cm³/mol. The van der Waals surface area contributed by atoms with Crippen molar-refractivity contribution in [2.45, 2.75) is 76.3 Å². The molecule has 0 radical (unpaired) electrons. The summed E-state index contributed by atoms with van der Waals surface area (Å²) in [6, 6.07) is 2.71. The minimum absolute atomic E-state index is 0.0974. The van der Waals surface area contributed by atoms with E-state index >= 15 is 0 Å². The zero-order chi connectivity index (χ0) is 20.3. The van der Waals surface area contributed by atoms with Crippen LogP contribution in [-0.4, -0.2) is 45.0 Å². The topological polar surface area (TPSA) is 121 Å². The van der Waals surface area contributed by atoms with Gasteiger partial charge in [0, 0.05) is 17.6 Å². The standard InChI is InChI=1S/C21H28N2O5/c22-18-16(20(25)26)11-13(12-17(18)21(27)28)19(24)23(14-7-3-1-4-8-14)15-9-5-2-6-10-15/h11-12,14-15H,1-10,22H2,(H,25,26)(H,27,28). The summed E-state index contributed by atoms with van der Waals surface area (Å²) in [5, 5.41) is 18.8. The van der Waals surface area contributed by atoms with Crippen LogP contribution in [0.3, 0.4) is 0 Å². The molecule has 28 heavy (non-hydrogen) atoms. The highest BCUT2D eigenvalue weighted by atomic mass is 16.4. The van der Waals surface area contributed by atoms with Crippen molar-refractivity contribution in [1.29, 1.82) is 0 Å². The van der Waals surface area contributed by atoms with Gasteiger partial charge in [0.25, 0.3) is 5.91 Å². The highest BCUT2D eigenvalue weighted by Gasteiger charge is 2.34. The van der Waals surface area contributed by atoms with E-state index in [1.165, 1.54) is 12.1 Å². The minimum Gasteiger partial charge on any atom is -0.478 e. The molecule has 3 rings (SSSR count). The van der Waals surface area contributed by atoms with Crippen LogP contribution in [0.25, 0.3) is 0 Å². The van der Waals surface area contributed by atoms with Gasteiger partial charge in [-0.2, -0.15) is 0 Å². The Labute approximate surface area is 164 Å². The molecule has 1 aromatic carbocycles. The van der Waals surface area contributed by atoms with E-state index in [-0.39, 0.29) is 40.4 Å². The molecule has 0 atom stereocenters. The predicted octanol–water partition coefficient (Wildman–Crippen LogP) is 3.77. The largest absolute Gasteiger partial charge is 0.478 e. The van der Waals surface area contributed by atoms with E-state index in [9.17, 15) is 24.6 Å². The number of anilines is 1. The van der Waals surface area contributed by atoms with Crippen LogP contribution in [0.5, 0.6) is 0 Å². The molecule has 2 fully saturated rings. The van der Waals surface area contributed by atoms with Gasteiger partial charge in [-0.3, -0.25) is 4.79 Å². The molecule has 2 saturated carbocycles. The molecule has 1 amide bonds. The molecule has 2 aliphatic rings. The Morgan fingerprint density at radius 3 is 1.54 bits per heavy atom. The Morgan fingerprint density at radius 2 is 1.18 bits per heavy atom. The Bertz CT molecular complexity index is 711. The number of benzene rings is 1. The number of carbonyl (C=O) groups excluding carboxylic acids is 1. The zero-order valence-electron chi connectivity index (χ0n) is 16.0. The van der Waals surface area contributed by atoms with E-state index in [2.05, 4.69) is 0 Å². The van der Waals surface area contributed by atoms with Crippen LogP contribution >= 0.6 is 0 Å². The normalized spacial score (nSPS) is 18.6. The SMILES string of the molecule is Nc1c(C(=O)O)cc(C(=O)N(C2CCCCC2)C2CCCCC2)cc1C(=O)O. The molecule has 0 unspecified atom stereocenters. The number of nitrogen functional groups attached to an aromatic ring is 1. The lowest BCUT2D eigenvalue weighted by atomic mass is 9.88. The maximum absolute atomic E-state index is 13.5. The quantitative estimate of drug-likeness (QED) is 0.660.